The number of rotatable bonds is 2. The van der Waals surface area contributed by atoms with Gasteiger partial charge in [-0.3, -0.25) is 0 Å². The summed E-state index contributed by atoms with van der Waals surface area (Å²) in [6, 6.07) is 5.05. The zero-order valence-corrected chi connectivity index (χ0v) is 11.3. The lowest BCUT2D eigenvalue weighted by Crippen LogP contribution is -2.28. The standard InChI is InChI=1S/C16H23NO/c1-18-16-10-9-13(15-8-4-5-11-17-15)12-6-2-3-7-14(12)16/h9-10,15,17H,2-8,11H2,1H3. The van der Waals surface area contributed by atoms with Crippen LogP contribution in [0, 0.1) is 0 Å². The summed E-state index contributed by atoms with van der Waals surface area (Å²) in [5, 5.41) is 3.68. The third kappa shape index (κ3) is 2.14. The molecule has 1 aromatic rings. The summed E-state index contributed by atoms with van der Waals surface area (Å²) in [5.74, 6) is 1.10. The lowest BCUT2D eigenvalue weighted by atomic mass is 9.83. The number of methoxy groups -OCH3 is 1. The van der Waals surface area contributed by atoms with Crippen molar-refractivity contribution in [1.82, 2.24) is 5.32 Å². The normalized spacial score (nSPS) is 23.5. The van der Waals surface area contributed by atoms with Crippen molar-refractivity contribution < 1.29 is 4.74 Å². The third-order valence-corrected chi connectivity index (χ3v) is 4.43. The van der Waals surface area contributed by atoms with Crippen LogP contribution >= 0.6 is 0 Å². The van der Waals surface area contributed by atoms with E-state index >= 15 is 0 Å². The van der Waals surface area contributed by atoms with E-state index in [1.54, 1.807) is 18.2 Å². The quantitative estimate of drug-likeness (QED) is 0.862. The molecule has 2 aliphatic rings. The molecule has 1 atom stereocenters. The average molecular weight is 245 g/mol. The first-order valence-corrected chi connectivity index (χ1v) is 7.32. The molecule has 1 unspecified atom stereocenters. The molecule has 1 N–H and O–H groups in total. The van der Waals surface area contributed by atoms with Crippen LogP contribution in [-0.2, 0) is 12.8 Å². The van der Waals surface area contributed by atoms with Crippen LogP contribution in [0.1, 0.15) is 54.8 Å². The fraction of sp³-hybridized carbons (Fsp3) is 0.625. The van der Waals surface area contributed by atoms with Crippen LogP contribution in [0.15, 0.2) is 12.1 Å². The molecular weight excluding hydrogens is 222 g/mol. The molecule has 0 aromatic heterocycles. The molecule has 1 fully saturated rings. The van der Waals surface area contributed by atoms with Crippen LogP contribution in [-0.4, -0.2) is 13.7 Å². The number of nitrogens with one attached hydrogen (secondary N) is 1. The number of fused-ring (bicyclic) bond motifs is 1. The van der Waals surface area contributed by atoms with Crippen molar-refractivity contribution in [3.8, 4) is 5.75 Å². The van der Waals surface area contributed by atoms with Crippen molar-refractivity contribution in [2.24, 2.45) is 0 Å². The second-order valence-corrected chi connectivity index (χ2v) is 5.52. The number of hydrogen-bond donors (Lipinski definition) is 1. The maximum Gasteiger partial charge on any atom is 0.122 e. The maximum atomic E-state index is 5.53. The molecule has 0 amide bonds. The maximum absolute atomic E-state index is 5.53. The molecule has 1 aromatic carbocycles. The molecule has 0 bridgehead atoms. The second kappa shape index (κ2) is 5.31. The van der Waals surface area contributed by atoms with Gasteiger partial charge in [0.05, 0.1) is 7.11 Å². The molecule has 1 aliphatic heterocycles. The summed E-state index contributed by atoms with van der Waals surface area (Å²) in [6.07, 6.45) is 9.05. The van der Waals surface area contributed by atoms with E-state index in [0.717, 1.165) is 5.75 Å². The molecule has 2 nitrogen and oxygen atoms in total. The van der Waals surface area contributed by atoms with Gasteiger partial charge in [-0.05, 0) is 67.8 Å². The molecule has 0 radical (unpaired) electrons. The van der Waals surface area contributed by atoms with Crippen molar-refractivity contribution in [3.63, 3.8) is 0 Å². The van der Waals surface area contributed by atoms with Gasteiger partial charge in [-0.1, -0.05) is 12.5 Å². The number of hydrogen-bond acceptors (Lipinski definition) is 2. The Labute approximate surface area is 110 Å². The van der Waals surface area contributed by atoms with Gasteiger partial charge in [0.15, 0.2) is 0 Å². The smallest absolute Gasteiger partial charge is 0.122 e. The largest absolute Gasteiger partial charge is 0.496 e. The van der Waals surface area contributed by atoms with Crippen LogP contribution in [0.2, 0.25) is 0 Å². The van der Waals surface area contributed by atoms with Gasteiger partial charge >= 0.3 is 0 Å². The van der Waals surface area contributed by atoms with Crippen LogP contribution < -0.4 is 10.1 Å². The molecule has 3 rings (SSSR count). The Bertz CT molecular complexity index is 421. The monoisotopic (exact) mass is 245 g/mol. The van der Waals surface area contributed by atoms with Gasteiger partial charge in [-0.25, -0.2) is 0 Å². The van der Waals surface area contributed by atoms with Crippen LogP contribution in [0.25, 0.3) is 0 Å². The number of ether oxygens (including phenoxy) is 1. The van der Waals surface area contributed by atoms with E-state index in [9.17, 15) is 0 Å². The van der Waals surface area contributed by atoms with Crippen LogP contribution in [0.4, 0.5) is 0 Å². The second-order valence-electron chi connectivity index (χ2n) is 5.52. The van der Waals surface area contributed by atoms with Crippen molar-refractivity contribution in [2.75, 3.05) is 13.7 Å². The Morgan fingerprint density at radius 1 is 1.06 bits per heavy atom. The van der Waals surface area contributed by atoms with Crippen molar-refractivity contribution in [3.05, 3.63) is 28.8 Å². The van der Waals surface area contributed by atoms with Crippen LogP contribution in [0.5, 0.6) is 5.75 Å². The van der Waals surface area contributed by atoms with Crippen molar-refractivity contribution >= 4 is 0 Å². The molecule has 1 saturated heterocycles. The molecule has 1 heterocycles. The summed E-state index contributed by atoms with van der Waals surface area (Å²) in [5.41, 5.74) is 4.61. The minimum atomic E-state index is 0.580. The number of piperidine rings is 1. The van der Waals surface area contributed by atoms with Gasteiger partial charge < -0.3 is 10.1 Å². The lowest BCUT2D eigenvalue weighted by Gasteiger charge is -2.29. The van der Waals surface area contributed by atoms with E-state index in [1.807, 2.05) is 0 Å². The first-order chi connectivity index (χ1) is 8.90. The Balaban J connectivity index is 1.98. The third-order valence-electron chi connectivity index (χ3n) is 4.43. The molecule has 2 heteroatoms. The van der Waals surface area contributed by atoms with Crippen molar-refractivity contribution in [2.45, 2.75) is 51.0 Å². The van der Waals surface area contributed by atoms with Gasteiger partial charge in [-0.15, -0.1) is 0 Å². The van der Waals surface area contributed by atoms with Gasteiger partial charge in [0.25, 0.3) is 0 Å². The molecule has 98 valence electrons. The fourth-order valence-electron chi connectivity index (χ4n) is 3.50. The Morgan fingerprint density at radius 2 is 1.89 bits per heavy atom. The highest BCUT2D eigenvalue weighted by molar-refractivity contribution is 5.47. The van der Waals surface area contributed by atoms with Crippen LogP contribution in [0.3, 0.4) is 0 Å². The first kappa shape index (κ1) is 12.0. The number of benzene rings is 1. The summed E-state index contributed by atoms with van der Waals surface area (Å²) in [6.45, 7) is 1.17. The van der Waals surface area contributed by atoms with Gasteiger partial charge in [-0.2, -0.15) is 0 Å². The van der Waals surface area contributed by atoms with E-state index in [1.165, 1.54) is 57.1 Å². The highest BCUT2D eigenvalue weighted by atomic mass is 16.5. The SMILES string of the molecule is COc1ccc(C2CCCCN2)c2c1CCCC2. The molecular formula is C16H23NO. The van der Waals surface area contributed by atoms with Crippen molar-refractivity contribution in [1.29, 1.82) is 0 Å². The molecule has 1 aliphatic carbocycles. The van der Waals surface area contributed by atoms with E-state index in [2.05, 4.69) is 17.4 Å². The predicted molar refractivity (Wildman–Crippen MR) is 74.2 cm³/mol. The minimum absolute atomic E-state index is 0.580. The average Bonchev–Trinajstić information content (AvgIpc) is 2.47. The zero-order chi connectivity index (χ0) is 12.4. The van der Waals surface area contributed by atoms with Gasteiger partial charge in [0.1, 0.15) is 5.75 Å². The molecule has 18 heavy (non-hydrogen) atoms. The highest BCUT2D eigenvalue weighted by Crippen LogP contribution is 2.36. The summed E-state index contributed by atoms with van der Waals surface area (Å²) < 4.78 is 5.53. The van der Waals surface area contributed by atoms with E-state index in [-0.39, 0.29) is 0 Å². The zero-order valence-electron chi connectivity index (χ0n) is 11.3. The Hall–Kier alpha value is -1.02. The van der Waals surface area contributed by atoms with Gasteiger partial charge in [0, 0.05) is 6.04 Å². The first-order valence-electron chi connectivity index (χ1n) is 7.32. The Kier molecular flexibility index (Phi) is 3.55. The van der Waals surface area contributed by atoms with E-state index in [0.29, 0.717) is 6.04 Å². The molecule has 0 saturated carbocycles. The van der Waals surface area contributed by atoms with E-state index < -0.39 is 0 Å². The van der Waals surface area contributed by atoms with E-state index in [4.69, 9.17) is 4.74 Å². The fourth-order valence-corrected chi connectivity index (χ4v) is 3.50. The highest BCUT2D eigenvalue weighted by Gasteiger charge is 2.23. The lowest BCUT2D eigenvalue weighted by molar-refractivity contribution is 0.396. The Morgan fingerprint density at radius 3 is 2.61 bits per heavy atom. The topological polar surface area (TPSA) is 21.3 Å². The predicted octanol–water partition coefficient (Wildman–Crippen LogP) is 3.39. The molecule has 0 spiro atoms. The minimum Gasteiger partial charge on any atom is -0.496 e. The summed E-state index contributed by atoms with van der Waals surface area (Å²) in [7, 11) is 1.79. The summed E-state index contributed by atoms with van der Waals surface area (Å²) >= 11 is 0. The van der Waals surface area contributed by atoms with Gasteiger partial charge in [0.2, 0.25) is 0 Å². The summed E-state index contributed by atoms with van der Waals surface area (Å²) in [4.78, 5) is 0.